The summed E-state index contributed by atoms with van der Waals surface area (Å²) >= 11 is 1.98. The molecular formula is C13H13IN2O3. The second-order valence-corrected chi connectivity index (χ2v) is 4.96. The molecular weight excluding hydrogens is 359 g/mol. The van der Waals surface area contributed by atoms with Crippen LogP contribution in [0.15, 0.2) is 23.0 Å². The average molecular weight is 372 g/mol. The van der Waals surface area contributed by atoms with E-state index in [0.717, 1.165) is 5.56 Å². The van der Waals surface area contributed by atoms with E-state index in [1.165, 1.54) is 0 Å². The average Bonchev–Trinajstić information content (AvgIpc) is 2.43. The van der Waals surface area contributed by atoms with Gasteiger partial charge < -0.3 is 14.5 Å². The Labute approximate surface area is 124 Å². The van der Waals surface area contributed by atoms with Crippen LogP contribution < -0.4 is 15.0 Å². The maximum atomic E-state index is 11.8. The van der Waals surface area contributed by atoms with E-state index >= 15 is 0 Å². The third-order valence-electron chi connectivity index (χ3n) is 2.69. The number of H-pyrrole nitrogens is 1. The fraction of sp³-hybridized carbons (Fsp3) is 0.231. The van der Waals surface area contributed by atoms with E-state index < -0.39 is 0 Å². The number of methoxy groups -OCH3 is 2. The molecule has 2 aromatic rings. The molecule has 0 amide bonds. The summed E-state index contributed by atoms with van der Waals surface area (Å²) in [6.45, 7) is 1.81. The Balaban J connectivity index is 2.56. The summed E-state index contributed by atoms with van der Waals surface area (Å²) in [6.07, 6.45) is 0. The summed E-state index contributed by atoms with van der Waals surface area (Å²) in [7, 11) is 3.14. The quantitative estimate of drug-likeness (QED) is 0.841. The minimum Gasteiger partial charge on any atom is -0.493 e. The van der Waals surface area contributed by atoms with Gasteiger partial charge in [-0.15, -0.1) is 0 Å². The Hall–Kier alpha value is -1.57. The van der Waals surface area contributed by atoms with Gasteiger partial charge in [0.1, 0.15) is 5.82 Å². The third-order valence-corrected chi connectivity index (χ3v) is 3.96. The van der Waals surface area contributed by atoms with Crippen molar-refractivity contribution in [3.8, 4) is 22.9 Å². The molecule has 0 aliphatic carbocycles. The van der Waals surface area contributed by atoms with Crippen molar-refractivity contribution in [3.63, 3.8) is 0 Å². The lowest BCUT2D eigenvalue weighted by atomic mass is 10.2. The maximum Gasteiger partial charge on any atom is 0.264 e. The smallest absolute Gasteiger partial charge is 0.264 e. The van der Waals surface area contributed by atoms with E-state index in [9.17, 15) is 4.79 Å². The minimum absolute atomic E-state index is 0.141. The molecule has 1 heterocycles. The van der Waals surface area contributed by atoms with E-state index in [2.05, 4.69) is 9.97 Å². The zero-order chi connectivity index (χ0) is 14.0. The van der Waals surface area contributed by atoms with Crippen molar-refractivity contribution in [2.75, 3.05) is 14.2 Å². The monoisotopic (exact) mass is 372 g/mol. The van der Waals surface area contributed by atoms with Crippen LogP contribution in [0.3, 0.4) is 0 Å². The van der Waals surface area contributed by atoms with Crippen LogP contribution in [0.4, 0.5) is 0 Å². The van der Waals surface area contributed by atoms with Crippen molar-refractivity contribution < 1.29 is 9.47 Å². The van der Waals surface area contributed by atoms with E-state index in [-0.39, 0.29) is 5.56 Å². The molecule has 1 aromatic heterocycles. The first-order valence-electron chi connectivity index (χ1n) is 5.55. The molecule has 0 atom stereocenters. The van der Waals surface area contributed by atoms with E-state index in [0.29, 0.717) is 26.6 Å². The van der Waals surface area contributed by atoms with Gasteiger partial charge in [0, 0.05) is 5.56 Å². The van der Waals surface area contributed by atoms with Crippen LogP contribution in [0.1, 0.15) is 5.69 Å². The molecule has 0 saturated carbocycles. The second-order valence-electron chi connectivity index (χ2n) is 3.88. The van der Waals surface area contributed by atoms with Gasteiger partial charge in [-0.1, -0.05) is 0 Å². The lowest BCUT2D eigenvalue weighted by molar-refractivity contribution is 0.355. The summed E-state index contributed by atoms with van der Waals surface area (Å²) < 4.78 is 11.0. The number of nitrogens with zero attached hydrogens (tertiary/aromatic N) is 1. The van der Waals surface area contributed by atoms with Crippen molar-refractivity contribution >= 4 is 22.6 Å². The molecule has 0 saturated heterocycles. The van der Waals surface area contributed by atoms with Crippen LogP contribution in [-0.2, 0) is 0 Å². The number of aryl methyl sites for hydroxylation is 1. The van der Waals surface area contributed by atoms with Gasteiger partial charge in [0.05, 0.1) is 23.5 Å². The first-order chi connectivity index (χ1) is 9.06. The van der Waals surface area contributed by atoms with Crippen molar-refractivity contribution in [1.29, 1.82) is 0 Å². The van der Waals surface area contributed by atoms with Crippen LogP contribution >= 0.6 is 22.6 Å². The number of halogens is 1. The van der Waals surface area contributed by atoms with Gasteiger partial charge in [0.25, 0.3) is 5.56 Å². The fourth-order valence-corrected chi connectivity index (χ4v) is 1.95. The number of aromatic amines is 1. The minimum atomic E-state index is -0.141. The zero-order valence-corrected chi connectivity index (χ0v) is 12.9. The number of aromatic nitrogens is 2. The summed E-state index contributed by atoms with van der Waals surface area (Å²) in [5.41, 5.74) is 1.33. The van der Waals surface area contributed by atoms with Crippen molar-refractivity contribution in [3.05, 3.63) is 37.8 Å². The molecule has 0 spiro atoms. The molecule has 19 heavy (non-hydrogen) atoms. The molecule has 0 fully saturated rings. The molecule has 0 aliphatic heterocycles. The second kappa shape index (κ2) is 5.60. The van der Waals surface area contributed by atoms with Gasteiger partial charge in [-0.3, -0.25) is 4.79 Å². The molecule has 1 aromatic carbocycles. The summed E-state index contributed by atoms with van der Waals surface area (Å²) in [5, 5.41) is 0. The van der Waals surface area contributed by atoms with Gasteiger partial charge in [-0.25, -0.2) is 4.98 Å². The van der Waals surface area contributed by atoms with Crippen LogP contribution in [0.2, 0.25) is 0 Å². The predicted octanol–water partition coefficient (Wildman–Crippen LogP) is 2.37. The first kappa shape index (κ1) is 13.9. The summed E-state index contributed by atoms with van der Waals surface area (Å²) in [4.78, 5) is 18.9. The van der Waals surface area contributed by atoms with E-state index in [4.69, 9.17) is 9.47 Å². The molecule has 6 heteroatoms. The largest absolute Gasteiger partial charge is 0.493 e. The van der Waals surface area contributed by atoms with Gasteiger partial charge in [0.15, 0.2) is 11.5 Å². The lowest BCUT2D eigenvalue weighted by Gasteiger charge is -2.09. The Morgan fingerprint density at radius 1 is 1.21 bits per heavy atom. The van der Waals surface area contributed by atoms with Gasteiger partial charge >= 0.3 is 0 Å². The van der Waals surface area contributed by atoms with E-state index in [1.807, 2.05) is 28.7 Å². The Morgan fingerprint density at radius 3 is 2.47 bits per heavy atom. The Bertz CT molecular complexity index is 667. The SMILES string of the molecule is COc1ccc(-c2nc(C)c(I)c(=O)[nH]2)cc1OC. The number of benzene rings is 1. The maximum absolute atomic E-state index is 11.8. The third kappa shape index (κ3) is 2.73. The first-order valence-corrected chi connectivity index (χ1v) is 6.63. The summed E-state index contributed by atoms with van der Waals surface area (Å²) in [6, 6.07) is 5.39. The number of hydrogen-bond acceptors (Lipinski definition) is 4. The van der Waals surface area contributed by atoms with Crippen LogP contribution in [0.5, 0.6) is 11.5 Å². The highest BCUT2D eigenvalue weighted by Crippen LogP contribution is 2.30. The molecule has 0 unspecified atom stereocenters. The summed E-state index contributed by atoms with van der Waals surface area (Å²) in [5.74, 6) is 1.75. The zero-order valence-electron chi connectivity index (χ0n) is 10.8. The van der Waals surface area contributed by atoms with Gasteiger partial charge in [0.2, 0.25) is 0 Å². The molecule has 2 rings (SSSR count). The van der Waals surface area contributed by atoms with Crippen LogP contribution in [0.25, 0.3) is 11.4 Å². The number of nitrogens with one attached hydrogen (secondary N) is 1. The Morgan fingerprint density at radius 2 is 1.89 bits per heavy atom. The topological polar surface area (TPSA) is 64.2 Å². The molecule has 100 valence electrons. The fourth-order valence-electron chi connectivity index (χ4n) is 1.69. The molecule has 5 nitrogen and oxygen atoms in total. The van der Waals surface area contributed by atoms with E-state index in [1.54, 1.807) is 33.3 Å². The van der Waals surface area contributed by atoms with Crippen molar-refractivity contribution in [2.24, 2.45) is 0 Å². The number of hydrogen-bond donors (Lipinski definition) is 1. The van der Waals surface area contributed by atoms with Gasteiger partial charge in [-0.2, -0.15) is 0 Å². The predicted molar refractivity (Wildman–Crippen MR) is 80.9 cm³/mol. The van der Waals surface area contributed by atoms with Crippen molar-refractivity contribution in [1.82, 2.24) is 9.97 Å². The van der Waals surface area contributed by atoms with Crippen LogP contribution in [-0.4, -0.2) is 24.2 Å². The highest BCUT2D eigenvalue weighted by Gasteiger charge is 2.10. The Kier molecular flexibility index (Phi) is 4.08. The van der Waals surface area contributed by atoms with Crippen molar-refractivity contribution in [2.45, 2.75) is 6.92 Å². The molecule has 0 radical (unpaired) electrons. The molecule has 1 N–H and O–H groups in total. The lowest BCUT2D eigenvalue weighted by Crippen LogP contribution is -2.14. The normalized spacial score (nSPS) is 10.3. The number of ether oxygens (including phenoxy) is 2. The van der Waals surface area contributed by atoms with Gasteiger partial charge in [-0.05, 0) is 47.7 Å². The molecule has 0 bridgehead atoms. The number of rotatable bonds is 3. The molecule has 0 aliphatic rings. The standard InChI is InChI=1S/C13H13IN2O3/c1-7-11(14)13(17)16-12(15-7)8-4-5-9(18-2)10(6-8)19-3/h4-6H,1-3H3,(H,15,16,17). The highest BCUT2D eigenvalue weighted by molar-refractivity contribution is 14.1. The van der Waals surface area contributed by atoms with Crippen LogP contribution in [0, 0.1) is 10.5 Å². The highest BCUT2D eigenvalue weighted by atomic mass is 127.